The van der Waals surface area contributed by atoms with Gasteiger partial charge in [-0.15, -0.1) is 0 Å². The molecule has 0 saturated carbocycles. The summed E-state index contributed by atoms with van der Waals surface area (Å²) in [5.74, 6) is -0.891. The second-order valence-corrected chi connectivity index (χ2v) is 11.3. The minimum absolute atomic E-state index is 0.0600. The first kappa shape index (κ1) is 37.9. The van der Waals surface area contributed by atoms with Gasteiger partial charge in [0.2, 0.25) is 0 Å². The Morgan fingerprint density at radius 3 is 0.865 bits per heavy atom. The topological polar surface area (TPSA) is 74.3 Å². The van der Waals surface area contributed by atoms with E-state index >= 15 is 0 Å². The van der Waals surface area contributed by atoms with Gasteiger partial charge in [-0.1, -0.05) is 142 Å². The molecular weight excluding hydrogens is 462 g/mol. The number of rotatable bonds is 24. The summed E-state index contributed by atoms with van der Waals surface area (Å²) >= 11 is 0. The highest BCUT2D eigenvalue weighted by Gasteiger charge is 2.33. The molecule has 0 rings (SSSR count). The Bertz CT molecular complexity index is 501. The second-order valence-electron chi connectivity index (χ2n) is 11.3. The Morgan fingerprint density at radius 2 is 0.649 bits per heavy atom. The van der Waals surface area contributed by atoms with Crippen LogP contribution in [0.4, 0.5) is 0 Å². The fourth-order valence-corrected chi connectivity index (χ4v) is 4.58. The van der Waals surface area contributed by atoms with E-state index in [1.165, 1.54) is 116 Å². The van der Waals surface area contributed by atoms with Gasteiger partial charge in [0.25, 0.3) is 0 Å². The van der Waals surface area contributed by atoms with Crippen LogP contribution in [0.15, 0.2) is 0 Å². The van der Waals surface area contributed by atoms with Gasteiger partial charge in [-0.25, -0.2) is 14.1 Å². The molecule has 0 aliphatic rings. The van der Waals surface area contributed by atoms with E-state index in [0.29, 0.717) is 12.8 Å². The van der Waals surface area contributed by atoms with Crippen LogP contribution in [-0.4, -0.2) is 36.4 Å². The highest BCUT2D eigenvalue weighted by Crippen LogP contribution is 2.16. The van der Waals surface area contributed by atoms with Crippen LogP contribution in [0.1, 0.15) is 175 Å². The van der Waals surface area contributed by atoms with Crippen LogP contribution in [0.25, 0.3) is 0 Å². The summed E-state index contributed by atoms with van der Waals surface area (Å²) in [5.41, 5.74) is 0. The lowest BCUT2D eigenvalue weighted by molar-refractivity contribution is -0.736. The number of unbranched alkanes of at least 4 members (excludes halogenated alkanes) is 20. The van der Waals surface area contributed by atoms with Crippen molar-refractivity contribution in [2.24, 2.45) is 0 Å². The third-order valence-electron chi connectivity index (χ3n) is 7.24. The summed E-state index contributed by atoms with van der Waals surface area (Å²) in [6.07, 6.45) is 29.3. The Labute approximate surface area is 230 Å². The zero-order valence-corrected chi connectivity index (χ0v) is 25.6. The van der Waals surface area contributed by atoms with Gasteiger partial charge in [0.05, 0.1) is 26.9 Å². The molecular formula is C32H63NO4. The first-order chi connectivity index (χ1) is 17.7. The van der Waals surface area contributed by atoms with Gasteiger partial charge in [0, 0.05) is 5.97 Å². The van der Waals surface area contributed by atoms with Crippen molar-refractivity contribution >= 4 is 17.8 Å². The minimum atomic E-state index is -1.08. The summed E-state index contributed by atoms with van der Waals surface area (Å²) in [6.45, 7) is 5.50. The number of carboxylic acid groups (broad SMARTS) is 1. The molecule has 0 unspecified atom stereocenters. The fraction of sp³-hybridized carbons (Fsp3) is 0.906. The summed E-state index contributed by atoms with van der Waals surface area (Å²) in [5, 5.41) is 8.89. The van der Waals surface area contributed by atoms with E-state index in [2.05, 4.69) is 13.8 Å². The summed E-state index contributed by atoms with van der Waals surface area (Å²) in [6, 6.07) is 0. The predicted molar refractivity (Wildman–Crippen MR) is 155 cm³/mol. The zero-order valence-electron chi connectivity index (χ0n) is 25.6. The van der Waals surface area contributed by atoms with Crippen LogP contribution in [0.5, 0.6) is 0 Å². The summed E-state index contributed by atoms with van der Waals surface area (Å²) < 4.78 is -0.0600. The Kier molecular flexibility index (Phi) is 28.5. The van der Waals surface area contributed by atoms with Gasteiger partial charge in [0.15, 0.2) is 0 Å². The Morgan fingerprint density at radius 1 is 0.459 bits per heavy atom. The number of nitrogens with zero attached hydrogens (tertiary/aromatic N) is 1. The second kappa shape index (κ2) is 27.8. The van der Waals surface area contributed by atoms with Crippen LogP contribution in [0, 0.1) is 0 Å². The molecule has 0 atom stereocenters. The summed E-state index contributed by atoms with van der Waals surface area (Å²) in [4.78, 5) is 34.1. The number of hydrogen-bond acceptors (Lipinski definition) is 4. The molecule has 0 bridgehead atoms. The number of carbonyl (C=O) groups excluding carboxylic acids is 3. The summed E-state index contributed by atoms with van der Waals surface area (Å²) in [7, 11) is 3.59. The van der Waals surface area contributed by atoms with E-state index in [0.717, 1.165) is 32.6 Å². The first-order valence-electron chi connectivity index (χ1n) is 15.8. The molecule has 0 saturated heterocycles. The molecule has 0 fully saturated rings. The molecule has 220 valence electrons. The maximum absolute atomic E-state index is 12.6. The predicted octanol–water partition coefficient (Wildman–Crippen LogP) is 8.27. The lowest BCUT2D eigenvalue weighted by Gasteiger charge is -2.24. The van der Waals surface area contributed by atoms with Gasteiger partial charge >= 0.3 is 11.8 Å². The first-order valence-corrected chi connectivity index (χ1v) is 15.8. The van der Waals surface area contributed by atoms with Gasteiger partial charge in [0.1, 0.15) is 0 Å². The maximum Gasteiger partial charge on any atom is 0.320 e. The number of hydrogen-bond donors (Lipinski definition) is 0. The normalized spacial score (nSPS) is 11.2. The van der Waals surface area contributed by atoms with Crippen LogP contribution in [0.3, 0.4) is 0 Å². The van der Waals surface area contributed by atoms with Crippen molar-refractivity contribution in [3.8, 4) is 0 Å². The molecule has 5 nitrogen and oxygen atoms in total. The van der Waals surface area contributed by atoms with Crippen molar-refractivity contribution in [2.45, 2.75) is 175 Å². The number of carboxylic acids is 1. The van der Waals surface area contributed by atoms with Gasteiger partial charge in [-0.05, 0) is 19.8 Å². The molecule has 0 N–H and O–H groups in total. The largest absolute Gasteiger partial charge is 0.550 e. The molecule has 2 amide bonds. The van der Waals surface area contributed by atoms with Crippen molar-refractivity contribution in [2.75, 3.05) is 14.1 Å². The van der Waals surface area contributed by atoms with Crippen LogP contribution >= 0.6 is 0 Å². The molecule has 0 spiro atoms. The zero-order chi connectivity index (χ0) is 28.2. The van der Waals surface area contributed by atoms with Crippen molar-refractivity contribution < 1.29 is 24.0 Å². The van der Waals surface area contributed by atoms with E-state index < -0.39 is 5.97 Å². The highest BCUT2D eigenvalue weighted by molar-refractivity contribution is 5.84. The smallest absolute Gasteiger partial charge is 0.320 e. The molecule has 0 aliphatic carbocycles. The van der Waals surface area contributed by atoms with Crippen molar-refractivity contribution in [1.82, 2.24) is 0 Å². The van der Waals surface area contributed by atoms with Crippen molar-refractivity contribution in [1.29, 1.82) is 0 Å². The minimum Gasteiger partial charge on any atom is -0.550 e. The van der Waals surface area contributed by atoms with Gasteiger partial charge in [-0.2, -0.15) is 0 Å². The van der Waals surface area contributed by atoms with E-state index in [1.54, 1.807) is 14.1 Å². The number of aliphatic carboxylic acids is 1. The van der Waals surface area contributed by atoms with E-state index in [9.17, 15) is 9.59 Å². The molecule has 5 heteroatoms. The quantitative estimate of drug-likeness (QED) is 0.0938. The fourth-order valence-electron chi connectivity index (χ4n) is 4.58. The number of quaternary nitrogens is 1. The van der Waals surface area contributed by atoms with Gasteiger partial charge < -0.3 is 9.90 Å². The molecule has 0 aromatic heterocycles. The van der Waals surface area contributed by atoms with E-state index in [4.69, 9.17) is 9.90 Å². The van der Waals surface area contributed by atoms with Crippen LogP contribution < -0.4 is 5.11 Å². The number of carbonyl (C=O) groups is 3. The standard InChI is InChI=1S/C30H60NO2.C2H4O2/c1-5-7-9-11-13-15-17-19-21-23-25-27-29(32)31(3,4)30(33)28-26-24-22-20-18-16-14-12-10-8-6-2;1-2(3)4/h5-28H2,1-4H3;1H3,(H,3,4)/q+1;/p-1. The third kappa shape index (κ3) is 27.6. The number of imide groups is 1. The van der Waals surface area contributed by atoms with Crippen LogP contribution in [0.2, 0.25) is 0 Å². The lowest BCUT2D eigenvalue weighted by Crippen LogP contribution is -2.50. The van der Waals surface area contributed by atoms with Gasteiger partial charge in [-0.3, -0.25) is 0 Å². The Balaban J connectivity index is 0. The van der Waals surface area contributed by atoms with E-state index in [-0.39, 0.29) is 16.3 Å². The molecule has 0 aliphatic heterocycles. The van der Waals surface area contributed by atoms with Crippen LogP contribution in [-0.2, 0) is 14.4 Å². The molecule has 0 aromatic carbocycles. The van der Waals surface area contributed by atoms with Crippen molar-refractivity contribution in [3.05, 3.63) is 0 Å². The third-order valence-corrected chi connectivity index (χ3v) is 7.24. The highest BCUT2D eigenvalue weighted by atomic mass is 16.4. The molecule has 0 heterocycles. The average Bonchev–Trinajstić information content (AvgIpc) is 2.85. The van der Waals surface area contributed by atoms with Crippen molar-refractivity contribution in [3.63, 3.8) is 0 Å². The SMILES string of the molecule is CC(=O)[O-].CCCCCCCCCCCCCC(=O)[N+](C)(C)C(=O)CCCCCCCCCCCCC. The maximum atomic E-state index is 12.6. The average molecular weight is 526 g/mol. The molecule has 0 radical (unpaired) electrons. The van der Waals surface area contributed by atoms with E-state index in [1.807, 2.05) is 0 Å². The Hall–Kier alpha value is -1.23. The monoisotopic (exact) mass is 525 g/mol. The number of amides is 2. The molecule has 0 aromatic rings. The lowest BCUT2D eigenvalue weighted by atomic mass is 10.0. The molecule has 37 heavy (non-hydrogen) atoms.